The van der Waals surface area contributed by atoms with Crippen molar-refractivity contribution in [3.63, 3.8) is 0 Å². The lowest BCUT2D eigenvalue weighted by Crippen LogP contribution is -2.43. The van der Waals surface area contributed by atoms with Crippen molar-refractivity contribution in [2.75, 3.05) is 33.2 Å². The van der Waals surface area contributed by atoms with Crippen molar-refractivity contribution in [3.8, 4) is 0 Å². The zero-order valence-electron chi connectivity index (χ0n) is 9.42. The van der Waals surface area contributed by atoms with Gasteiger partial charge in [-0.2, -0.15) is 0 Å². The quantitative estimate of drug-likeness (QED) is 0.727. The number of likely N-dealkylation sites (tertiary alicyclic amines) is 1. The Hall–Kier alpha value is -0.770. The summed E-state index contributed by atoms with van der Waals surface area (Å²) < 4.78 is 0. The van der Waals surface area contributed by atoms with Gasteiger partial charge in [-0.15, -0.1) is 0 Å². The smallest absolute Gasteiger partial charge is 0.320 e. The molecule has 0 aromatic rings. The number of nitrogens with zero attached hydrogens (tertiary/aromatic N) is 2. The van der Waals surface area contributed by atoms with Crippen molar-refractivity contribution in [1.82, 2.24) is 15.1 Å². The first-order valence-electron chi connectivity index (χ1n) is 5.44. The van der Waals surface area contributed by atoms with E-state index < -0.39 is 0 Å². The fourth-order valence-corrected chi connectivity index (χ4v) is 1.86. The molecule has 0 aromatic carbocycles. The third-order valence-electron chi connectivity index (χ3n) is 2.90. The Balaban J connectivity index is 2.45. The number of nitrogens with one attached hydrogen (secondary N) is 1. The van der Waals surface area contributed by atoms with Crippen LogP contribution in [0.2, 0.25) is 0 Å². The molecule has 2 amide bonds. The number of carbonyl (C=O) groups excluding carboxylic acids is 1. The molecule has 0 aliphatic carbocycles. The number of amides is 2. The summed E-state index contributed by atoms with van der Waals surface area (Å²) in [5.74, 6) is 0. The van der Waals surface area contributed by atoms with Crippen LogP contribution in [0.4, 0.5) is 4.79 Å². The van der Waals surface area contributed by atoms with Crippen molar-refractivity contribution >= 4 is 6.03 Å². The Kier molecular flexibility index (Phi) is 4.20. The summed E-state index contributed by atoms with van der Waals surface area (Å²) in [6, 6.07) is 0.669. The van der Waals surface area contributed by atoms with E-state index in [1.54, 1.807) is 0 Å². The average Bonchev–Trinajstić information content (AvgIpc) is 2.67. The van der Waals surface area contributed by atoms with Crippen molar-refractivity contribution in [3.05, 3.63) is 0 Å². The molecular formula is C10H21N3O. The van der Waals surface area contributed by atoms with Crippen molar-refractivity contribution in [2.45, 2.75) is 26.3 Å². The fourth-order valence-electron chi connectivity index (χ4n) is 1.86. The number of rotatable bonds is 3. The van der Waals surface area contributed by atoms with Crippen LogP contribution in [0.5, 0.6) is 0 Å². The lowest BCUT2D eigenvalue weighted by molar-refractivity contribution is 0.166. The molecule has 1 aliphatic rings. The lowest BCUT2D eigenvalue weighted by Gasteiger charge is -2.25. The van der Waals surface area contributed by atoms with Gasteiger partial charge in [0, 0.05) is 32.2 Å². The largest absolute Gasteiger partial charge is 0.325 e. The highest BCUT2D eigenvalue weighted by molar-refractivity contribution is 5.74. The van der Waals surface area contributed by atoms with E-state index in [-0.39, 0.29) is 6.03 Å². The zero-order chi connectivity index (χ0) is 10.6. The first-order chi connectivity index (χ1) is 6.72. The molecule has 1 aliphatic heterocycles. The van der Waals surface area contributed by atoms with E-state index in [2.05, 4.69) is 5.32 Å². The highest BCUT2D eigenvalue weighted by Gasteiger charge is 2.27. The predicted molar refractivity (Wildman–Crippen MR) is 57.4 cm³/mol. The molecule has 1 atom stereocenters. The molecule has 4 heteroatoms. The minimum Gasteiger partial charge on any atom is -0.325 e. The van der Waals surface area contributed by atoms with Crippen LogP contribution >= 0.6 is 0 Å². The third kappa shape index (κ3) is 2.38. The molecule has 1 fully saturated rings. The van der Waals surface area contributed by atoms with Gasteiger partial charge in [-0.05, 0) is 27.3 Å². The Morgan fingerprint density at radius 3 is 2.57 bits per heavy atom. The first kappa shape index (κ1) is 11.3. The van der Waals surface area contributed by atoms with Crippen molar-refractivity contribution in [2.24, 2.45) is 0 Å². The van der Waals surface area contributed by atoms with Gasteiger partial charge < -0.3 is 15.1 Å². The Morgan fingerprint density at radius 2 is 2.14 bits per heavy atom. The molecule has 0 spiro atoms. The van der Waals surface area contributed by atoms with Crippen LogP contribution in [0.3, 0.4) is 0 Å². The minimum absolute atomic E-state index is 0.188. The molecule has 0 bridgehead atoms. The van der Waals surface area contributed by atoms with Gasteiger partial charge in [0.15, 0.2) is 0 Å². The van der Waals surface area contributed by atoms with Gasteiger partial charge in [-0.25, -0.2) is 4.79 Å². The zero-order valence-corrected chi connectivity index (χ0v) is 9.42. The van der Waals surface area contributed by atoms with Gasteiger partial charge in [-0.3, -0.25) is 0 Å². The summed E-state index contributed by atoms with van der Waals surface area (Å²) >= 11 is 0. The van der Waals surface area contributed by atoms with Gasteiger partial charge in [0.05, 0.1) is 0 Å². The van der Waals surface area contributed by atoms with E-state index in [1.165, 1.54) is 0 Å². The summed E-state index contributed by atoms with van der Waals surface area (Å²) in [6.45, 7) is 7.39. The maximum absolute atomic E-state index is 11.9. The normalized spacial score (nSPS) is 21.4. The molecule has 0 unspecified atom stereocenters. The Labute approximate surface area is 86.2 Å². The van der Waals surface area contributed by atoms with Crippen LogP contribution in [0, 0.1) is 0 Å². The van der Waals surface area contributed by atoms with E-state index >= 15 is 0 Å². The topological polar surface area (TPSA) is 35.6 Å². The molecule has 0 saturated carbocycles. The molecule has 0 radical (unpaired) electrons. The molecule has 1 heterocycles. The monoisotopic (exact) mass is 199 g/mol. The summed E-state index contributed by atoms with van der Waals surface area (Å²) in [4.78, 5) is 15.7. The SMILES string of the molecule is CCN(CC)C(=O)N1CC[C@H](NC)C1. The number of likely N-dealkylation sites (N-methyl/N-ethyl adjacent to an activating group) is 1. The van der Waals surface area contributed by atoms with Gasteiger partial charge >= 0.3 is 6.03 Å². The summed E-state index contributed by atoms with van der Waals surface area (Å²) in [5.41, 5.74) is 0. The van der Waals surface area contributed by atoms with E-state index in [9.17, 15) is 4.79 Å². The second-order valence-electron chi connectivity index (χ2n) is 3.68. The van der Waals surface area contributed by atoms with Crippen LogP contribution in [-0.4, -0.2) is 55.1 Å². The van der Waals surface area contributed by atoms with Gasteiger partial charge in [0.2, 0.25) is 0 Å². The number of urea groups is 1. The molecule has 1 rings (SSSR count). The van der Waals surface area contributed by atoms with E-state index in [4.69, 9.17) is 0 Å². The Morgan fingerprint density at radius 1 is 1.50 bits per heavy atom. The molecule has 82 valence electrons. The van der Waals surface area contributed by atoms with Crippen molar-refractivity contribution < 1.29 is 4.79 Å². The van der Waals surface area contributed by atoms with Gasteiger partial charge in [0.1, 0.15) is 0 Å². The fraction of sp³-hybridized carbons (Fsp3) is 0.900. The van der Waals surface area contributed by atoms with Crippen LogP contribution < -0.4 is 5.32 Å². The summed E-state index contributed by atoms with van der Waals surface area (Å²) in [5, 5.41) is 3.21. The molecular weight excluding hydrogens is 178 g/mol. The third-order valence-corrected chi connectivity index (χ3v) is 2.90. The Bertz CT molecular complexity index is 192. The van der Waals surface area contributed by atoms with E-state index in [0.717, 1.165) is 32.6 Å². The molecule has 1 N–H and O–H groups in total. The van der Waals surface area contributed by atoms with E-state index in [0.29, 0.717) is 6.04 Å². The van der Waals surface area contributed by atoms with Crippen LogP contribution in [0.15, 0.2) is 0 Å². The first-order valence-corrected chi connectivity index (χ1v) is 5.44. The molecule has 0 aromatic heterocycles. The molecule has 4 nitrogen and oxygen atoms in total. The highest BCUT2D eigenvalue weighted by Crippen LogP contribution is 2.11. The van der Waals surface area contributed by atoms with Gasteiger partial charge in [0.25, 0.3) is 0 Å². The minimum atomic E-state index is 0.188. The van der Waals surface area contributed by atoms with Crippen LogP contribution in [-0.2, 0) is 0 Å². The highest BCUT2D eigenvalue weighted by atomic mass is 16.2. The van der Waals surface area contributed by atoms with Crippen LogP contribution in [0.1, 0.15) is 20.3 Å². The molecule has 14 heavy (non-hydrogen) atoms. The van der Waals surface area contributed by atoms with E-state index in [1.807, 2.05) is 30.7 Å². The number of hydrogen-bond acceptors (Lipinski definition) is 2. The van der Waals surface area contributed by atoms with Crippen molar-refractivity contribution in [1.29, 1.82) is 0 Å². The predicted octanol–water partition coefficient (Wildman–Crippen LogP) is 0.742. The maximum atomic E-state index is 11.9. The second kappa shape index (κ2) is 5.20. The van der Waals surface area contributed by atoms with Gasteiger partial charge in [-0.1, -0.05) is 0 Å². The summed E-state index contributed by atoms with van der Waals surface area (Å²) in [7, 11) is 1.95. The second-order valence-corrected chi connectivity index (χ2v) is 3.68. The lowest BCUT2D eigenvalue weighted by atomic mass is 10.3. The number of hydrogen-bond donors (Lipinski definition) is 1. The molecule has 1 saturated heterocycles. The summed E-state index contributed by atoms with van der Waals surface area (Å²) in [6.07, 6.45) is 1.07. The average molecular weight is 199 g/mol. The number of carbonyl (C=O) groups is 1. The standard InChI is InChI=1S/C10H21N3O/c1-4-12(5-2)10(14)13-7-6-9(8-13)11-3/h9,11H,4-8H2,1-3H3/t9-/m0/s1. The van der Waals surface area contributed by atoms with Crippen LogP contribution in [0.25, 0.3) is 0 Å². The maximum Gasteiger partial charge on any atom is 0.320 e.